The van der Waals surface area contributed by atoms with E-state index in [9.17, 15) is 4.79 Å². The van der Waals surface area contributed by atoms with E-state index < -0.39 is 0 Å². The van der Waals surface area contributed by atoms with Gasteiger partial charge in [-0.1, -0.05) is 18.2 Å². The first-order chi connectivity index (χ1) is 13.1. The molecule has 4 aromatic rings. The summed E-state index contributed by atoms with van der Waals surface area (Å²) in [6.07, 6.45) is 3.24. The van der Waals surface area contributed by atoms with E-state index in [1.54, 1.807) is 17.1 Å². The van der Waals surface area contributed by atoms with Gasteiger partial charge in [0.05, 0.1) is 23.1 Å². The predicted molar refractivity (Wildman–Crippen MR) is 114 cm³/mol. The molecule has 0 saturated heterocycles. The highest BCUT2D eigenvalue weighted by atomic mass is 127. The molecule has 3 aromatic heterocycles. The molecule has 27 heavy (non-hydrogen) atoms. The van der Waals surface area contributed by atoms with E-state index >= 15 is 0 Å². The van der Waals surface area contributed by atoms with Crippen LogP contribution in [0.15, 0.2) is 60.2 Å². The second-order valence-electron chi connectivity index (χ2n) is 5.74. The summed E-state index contributed by atoms with van der Waals surface area (Å²) in [4.78, 5) is 21.4. The Morgan fingerprint density at radius 3 is 2.74 bits per heavy atom. The molecule has 1 amide bonds. The maximum absolute atomic E-state index is 12.7. The summed E-state index contributed by atoms with van der Waals surface area (Å²) in [5.41, 5.74) is 3.08. The average Bonchev–Trinajstić information content (AvgIpc) is 3.30. The van der Waals surface area contributed by atoms with Gasteiger partial charge in [-0.15, -0.1) is 11.3 Å². The fraction of sp³-hybridized carbons (Fsp3) is 0.0526. The fourth-order valence-corrected chi connectivity index (χ4v) is 3.67. The van der Waals surface area contributed by atoms with Crippen molar-refractivity contribution in [3.8, 4) is 17.1 Å². The number of nitrogens with zero attached hydrogens (tertiary/aromatic N) is 4. The molecule has 6 nitrogen and oxygen atoms in total. The van der Waals surface area contributed by atoms with Gasteiger partial charge in [0, 0.05) is 20.7 Å². The monoisotopic (exact) mass is 487 g/mol. The molecule has 0 radical (unpaired) electrons. The van der Waals surface area contributed by atoms with Crippen LogP contribution in [0.3, 0.4) is 0 Å². The lowest BCUT2D eigenvalue weighted by molar-refractivity contribution is 0.102. The third-order valence-electron chi connectivity index (χ3n) is 3.99. The molecule has 0 aliphatic rings. The van der Waals surface area contributed by atoms with Gasteiger partial charge in [0.2, 0.25) is 0 Å². The molecule has 0 saturated carbocycles. The average molecular weight is 487 g/mol. The van der Waals surface area contributed by atoms with Crippen LogP contribution in [0.25, 0.3) is 17.1 Å². The molecule has 0 bridgehead atoms. The van der Waals surface area contributed by atoms with Crippen LogP contribution in [-0.2, 0) is 0 Å². The van der Waals surface area contributed by atoms with Crippen LogP contribution in [0, 0.1) is 10.5 Å². The summed E-state index contributed by atoms with van der Waals surface area (Å²) < 4.78 is 2.81. The van der Waals surface area contributed by atoms with Gasteiger partial charge in [-0.3, -0.25) is 10.1 Å². The topological polar surface area (TPSA) is 72.7 Å². The summed E-state index contributed by atoms with van der Waals surface area (Å²) >= 11 is 3.66. The normalized spacial score (nSPS) is 10.7. The minimum Gasteiger partial charge on any atom is -0.298 e. The maximum Gasteiger partial charge on any atom is 0.260 e. The third-order valence-corrected chi connectivity index (χ3v) is 5.46. The molecule has 0 aliphatic heterocycles. The highest BCUT2D eigenvalue weighted by molar-refractivity contribution is 14.1. The van der Waals surface area contributed by atoms with Crippen LogP contribution >= 0.6 is 33.9 Å². The lowest BCUT2D eigenvalue weighted by Crippen LogP contribution is -2.13. The summed E-state index contributed by atoms with van der Waals surface area (Å²) in [6, 6.07) is 13.7. The summed E-state index contributed by atoms with van der Waals surface area (Å²) in [5.74, 6) is 0.433. The first-order valence-corrected chi connectivity index (χ1v) is 10.1. The molecule has 1 aromatic carbocycles. The van der Waals surface area contributed by atoms with Crippen molar-refractivity contribution in [2.75, 3.05) is 5.32 Å². The van der Waals surface area contributed by atoms with Crippen LogP contribution in [-0.4, -0.2) is 25.7 Å². The molecular formula is C19H14IN5OS. The van der Waals surface area contributed by atoms with Gasteiger partial charge in [-0.25, -0.2) is 14.6 Å². The Kier molecular flexibility index (Phi) is 4.99. The smallest absolute Gasteiger partial charge is 0.260 e. The number of aromatic nitrogens is 4. The Hall–Kier alpha value is -2.59. The zero-order valence-electron chi connectivity index (χ0n) is 14.3. The Morgan fingerprint density at radius 1 is 1.19 bits per heavy atom. The number of amides is 1. The summed E-state index contributed by atoms with van der Waals surface area (Å²) in [7, 11) is 0. The van der Waals surface area contributed by atoms with E-state index in [0.717, 1.165) is 17.0 Å². The molecular weight excluding hydrogens is 473 g/mol. The quantitative estimate of drug-likeness (QED) is 0.429. The van der Waals surface area contributed by atoms with Gasteiger partial charge < -0.3 is 0 Å². The van der Waals surface area contributed by atoms with Gasteiger partial charge in [-0.2, -0.15) is 5.10 Å². The van der Waals surface area contributed by atoms with Crippen LogP contribution in [0.2, 0.25) is 0 Å². The van der Waals surface area contributed by atoms with Crippen LogP contribution in [0.1, 0.15) is 16.1 Å². The number of carbonyl (C=O) groups is 1. The van der Waals surface area contributed by atoms with Crippen molar-refractivity contribution in [3.05, 3.63) is 75.1 Å². The molecule has 0 spiro atoms. The van der Waals surface area contributed by atoms with Crippen molar-refractivity contribution in [2.45, 2.75) is 6.92 Å². The Morgan fingerprint density at radius 2 is 2.00 bits per heavy atom. The lowest BCUT2D eigenvalue weighted by atomic mass is 10.2. The van der Waals surface area contributed by atoms with Gasteiger partial charge in [-0.05, 0) is 53.8 Å². The molecule has 1 N–H and O–H groups in total. The van der Waals surface area contributed by atoms with Crippen LogP contribution < -0.4 is 5.32 Å². The van der Waals surface area contributed by atoms with E-state index in [2.05, 4.69) is 43.0 Å². The Bertz CT molecular complexity index is 1090. The van der Waals surface area contributed by atoms with Crippen molar-refractivity contribution in [1.29, 1.82) is 0 Å². The zero-order valence-corrected chi connectivity index (χ0v) is 17.2. The number of pyridine rings is 1. The first-order valence-electron chi connectivity index (χ1n) is 8.10. The predicted octanol–water partition coefficient (Wildman–Crippen LogP) is 4.56. The fourth-order valence-electron chi connectivity index (χ4n) is 2.59. The summed E-state index contributed by atoms with van der Waals surface area (Å²) in [6.45, 7) is 1.84. The number of carbonyl (C=O) groups excluding carboxylic acids is 1. The van der Waals surface area contributed by atoms with Crippen LogP contribution in [0.4, 0.5) is 5.13 Å². The number of rotatable bonds is 4. The lowest BCUT2D eigenvalue weighted by Gasteiger charge is -2.04. The van der Waals surface area contributed by atoms with Gasteiger partial charge in [0.25, 0.3) is 5.91 Å². The van der Waals surface area contributed by atoms with Crippen LogP contribution in [0.5, 0.6) is 0 Å². The minimum atomic E-state index is -0.238. The van der Waals surface area contributed by atoms with Gasteiger partial charge in [0.1, 0.15) is 0 Å². The van der Waals surface area contributed by atoms with E-state index in [1.165, 1.54) is 14.9 Å². The highest BCUT2D eigenvalue weighted by Gasteiger charge is 2.17. The SMILES string of the molecule is Cc1c(C(=O)Nc2nc(-c3ccc(I)cc3)cs2)cnn1-c1ccccn1. The maximum atomic E-state index is 12.7. The molecule has 134 valence electrons. The molecule has 0 aliphatic carbocycles. The highest BCUT2D eigenvalue weighted by Crippen LogP contribution is 2.26. The van der Waals surface area contributed by atoms with Gasteiger partial charge in [0.15, 0.2) is 10.9 Å². The standard InChI is InChI=1S/C19H14IN5OS/c1-12-15(10-22-25(12)17-4-2-3-9-21-17)18(26)24-19-23-16(11-27-19)13-5-7-14(20)8-6-13/h2-11H,1H3,(H,23,24,26). The largest absolute Gasteiger partial charge is 0.298 e. The third kappa shape index (κ3) is 3.76. The number of thiazole rings is 1. The molecule has 0 fully saturated rings. The van der Waals surface area contributed by atoms with Crippen molar-refractivity contribution < 1.29 is 4.79 Å². The second kappa shape index (κ2) is 7.57. The zero-order chi connectivity index (χ0) is 18.8. The Balaban J connectivity index is 1.53. The van der Waals surface area contributed by atoms with Crippen molar-refractivity contribution in [1.82, 2.24) is 19.7 Å². The van der Waals surface area contributed by atoms with Crippen molar-refractivity contribution in [2.24, 2.45) is 0 Å². The molecule has 0 unspecified atom stereocenters. The molecule has 3 heterocycles. The van der Waals surface area contributed by atoms with E-state index in [1.807, 2.05) is 54.8 Å². The van der Waals surface area contributed by atoms with Crippen molar-refractivity contribution >= 4 is 45.0 Å². The summed E-state index contributed by atoms with van der Waals surface area (Å²) in [5, 5.41) is 9.63. The molecule has 4 rings (SSSR count). The van der Waals surface area contributed by atoms with E-state index in [-0.39, 0.29) is 5.91 Å². The number of halogens is 1. The number of nitrogens with one attached hydrogen (secondary N) is 1. The number of hydrogen-bond donors (Lipinski definition) is 1. The molecule has 8 heteroatoms. The number of benzene rings is 1. The minimum absolute atomic E-state index is 0.238. The Labute approximate surface area is 173 Å². The first kappa shape index (κ1) is 17.8. The van der Waals surface area contributed by atoms with Crippen molar-refractivity contribution in [3.63, 3.8) is 0 Å². The van der Waals surface area contributed by atoms with E-state index in [0.29, 0.717) is 16.5 Å². The van der Waals surface area contributed by atoms with Gasteiger partial charge >= 0.3 is 0 Å². The number of hydrogen-bond acceptors (Lipinski definition) is 5. The second-order valence-corrected chi connectivity index (χ2v) is 7.85. The van der Waals surface area contributed by atoms with E-state index in [4.69, 9.17) is 0 Å². The molecule has 0 atom stereocenters. The number of anilines is 1.